The van der Waals surface area contributed by atoms with Crippen molar-refractivity contribution in [2.75, 3.05) is 0 Å². The van der Waals surface area contributed by atoms with E-state index in [-0.39, 0.29) is 5.56 Å². The first-order valence-electron chi connectivity index (χ1n) is 14.0. The Balaban J connectivity index is 1.47. The molecule has 9 aromatic rings. The molecule has 3 aromatic heterocycles. The molecule has 0 radical (unpaired) electrons. The van der Waals surface area contributed by atoms with Crippen LogP contribution in [0.2, 0.25) is 0 Å². The van der Waals surface area contributed by atoms with E-state index in [0.717, 1.165) is 65.6 Å². The molecule has 196 valence electrons. The van der Waals surface area contributed by atoms with Gasteiger partial charge in [0.25, 0.3) is 5.56 Å². The van der Waals surface area contributed by atoms with Crippen molar-refractivity contribution in [2.45, 2.75) is 0 Å². The number of aromatic amines is 1. The number of rotatable bonds is 2. The van der Waals surface area contributed by atoms with Gasteiger partial charge in [0.15, 0.2) is 0 Å². The Bertz CT molecular complexity index is 2600. The summed E-state index contributed by atoms with van der Waals surface area (Å²) in [6, 6.07) is 43.3. The molecule has 0 saturated heterocycles. The van der Waals surface area contributed by atoms with Crippen LogP contribution in [0.3, 0.4) is 0 Å². The number of para-hydroxylation sites is 1. The summed E-state index contributed by atoms with van der Waals surface area (Å²) in [6.45, 7) is 0. The highest BCUT2D eigenvalue weighted by Gasteiger charge is 2.19. The van der Waals surface area contributed by atoms with Gasteiger partial charge in [0.2, 0.25) is 5.95 Å². The third-order valence-electron chi connectivity index (χ3n) is 8.32. The first kappa shape index (κ1) is 22.9. The van der Waals surface area contributed by atoms with Crippen LogP contribution in [0.15, 0.2) is 132 Å². The molecule has 6 aromatic carbocycles. The van der Waals surface area contributed by atoms with Gasteiger partial charge in [-0.05, 0) is 52.6 Å². The molecule has 0 aliphatic heterocycles. The van der Waals surface area contributed by atoms with E-state index in [1.165, 1.54) is 5.39 Å². The molecular weight excluding hydrogens is 516 g/mol. The lowest BCUT2D eigenvalue weighted by Crippen LogP contribution is -2.06. The van der Waals surface area contributed by atoms with Crippen molar-refractivity contribution < 1.29 is 0 Å². The zero-order chi connectivity index (χ0) is 27.8. The maximum atomic E-state index is 13.1. The molecular formula is C37H22N4O. The Morgan fingerprint density at radius 2 is 1.17 bits per heavy atom. The minimum atomic E-state index is -0.0980. The average molecular weight is 539 g/mol. The van der Waals surface area contributed by atoms with Crippen LogP contribution in [0.4, 0.5) is 0 Å². The third-order valence-corrected chi connectivity index (χ3v) is 8.32. The molecule has 5 heteroatoms. The van der Waals surface area contributed by atoms with Gasteiger partial charge in [-0.15, -0.1) is 0 Å². The molecule has 1 N–H and O–H groups in total. The van der Waals surface area contributed by atoms with Crippen LogP contribution in [0.5, 0.6) is 0 Å². The Labute approximate surface area is 239 Å². The number of fused-ring (bicyclic) bond motifs is 8. The fraction of sp³-hybridized carbons (Fsp3) is 0. The minimum absolute atomic E-state index is 0.0980. The second-order valence-corrected chi connectivity index (χ2v) is 10.7. The summed E-state index contributed by atoms with van der Waals surface area (Å²) in [5.74, 6) is 0.588. The van der Waals surface area contributed by atoms with Gasteiger partial charge in [0, 0.05) is 32.5 Å². The average Bonchev–Trinajstić information content (AvgIpc) is 3.34. The third kappa shape index (κ3) is 3.28. The Kier molecular flexibility index (Phi) is 4.70. The predicted molar refractivity (Wildman–Crippen MR) is 172 cm³/mol. The van der Waals surface area contributed by atoms with Crippen LogP contribution < -0.4 is 5.56 Å². The maximum Gasteiger partial charge on any atom is 0.256 e. The van der Waals surface area contributed by atoms with Gasteiger partial charge in [0.05, 0.1) is 27.8 Å². The van der Waals surface area contributed by atoms with E-state index in [4.69, 9.17) is 9.97 Å². The van der Waals surface area contributed by atoms with E-state index >= 15 is 0 Å². The lowest BCUT2D eigenvalue weighted by Gasteiger charge is -2.12. The van der Waals surface area contributed by atoms with Gasteiger partial charge in [-0.1, -0.05) is 91.0 Å². The molecule has 9 rings (SSSR count). The van der Waals surface area contributed by atoms with E-state index in [0.29, 0.717) is 11.3 Å². The topological polar surface area (TPSA) is 63.6 Å². The highest BCUT2D eigenvalue weighted by molar-refractivity contribution is 6.19. The molecule has 0 aliphatic carbocycles. The van der Waals surface area contributed by atoms with Crippen molar-refractivity contribution in [1.82, 2.24) is 19.5 Å². The first-order chi connectivity index (χ1) is 20.7. The standard InChI is InChI=1S/C37H22N4O/c42-36-26-15-7-6-14-25(26)28-20-30-29-18-23-12-4-5-13-24(23)19-33(29)41(34(30)21-32(28)38-36)37-39-31-17-9-8-16-27(31)35(40-37)22-10-2-1-3-11-22/h1-21H,(H,38,42). The van der Waals surface area contributed by atoms with Crippen LogP contribution in [0.1, 0.15) is 0 Å². The van der Waals surface area contributed by atoms with Gasteiger partial charge in [-0.2, -0.15) is 0 Å². The molecule has 0 aliphatic rings. The molecule has 0 fully saturated rings. The van der Waals surface area contributed by atoms with Crippen molar-refractivity contribution in [1.29, 1.82) is 0 Å². The number of hydrogen-bond acceptors (Lipinski definition) is 3. The molecule has 0 unspecified atom stereocenters. The fourth-order valence-electron chi connectivity index (χ4n) is 6.38. The molecule has 42 heavy (non-hydrogen) atoms. The van der Waals surface area contributed by atoms with E-state index < -0.39 is 0 Å². The molecule has 5 nitrogen and oxygen atoms in total. The van der Waals surface area contributed by atoms with Gasteiger partial charge in [-0.3, -0.25) is 9.36 Å². The fourth-order valence-corrected chi connectivity index (χ4v) is 6.38. The normalized spacial score (nSPS) is 11.9. The Morgan fingerprint density at radius 3 is 2.00 bits per heavy atom. The number of hydrogen-bond donors (Lipinski definition) is 1. The molecule has 0 saturated carbocycles. The molecule has 0 spiro atoms. The van der Waals surface area contributed by atoms with Crippen LogP contribution in [-0.4, -0.2) is 19.5 Å². The quantitative estimate of drug-likeness (QED) is 0.224. The Morgan fingerprint density at radius 1 is 0.524 bits per heavy atom. The van der Waals surface area contributed by atoms with Gasteiger partial charge < -0.3 is 4.98 Å². The monoisotopic (exact) mass is 538 g/mol. The number of nitrogens with zero attached hydrogens (tertiary/aromatic N) is 3. The smallest absolute Gasteiger partial charge is 0.256 e. The number of benzene rings is 6. The van der Waals surface area contributed by atoms with E-state index in [1.807, 2.05) is 60.7 Å². The summed E-state index contributed by atoms with van der Waals surface area (Å²) in [7, 11) is 0. The minimum Gasteiger partial charge on any atom is -0.321 e. The maximum absolute atomic E-state index is 13.1. The van der Waals surface area contributed by atoms with Crippen LogP contribution in [-0.2, 0) is 0 Å². The molecule has 3 heterocycles. The largest absolute Gasteiger partial charge is 0.321 e. The van der Waals surface area contributed by atoms with Gasteiger partial charge >= 0.3 is 0 Å². The number of pyridine rings is 1. The number of aromatic nitrogens is 4. The summed E-state index contributed by atoms with van der Waals surface area (Å²) < 4.78 is 2.14. The predicted octanol–water partition coefficient (Wildman–Crippen LogP) is 8.54. The molecule has 0 bridgehead atoms. The SMILES string of the molecule is O=c1[nH]c2cc3c(cc2c2ccccc12)c1cc2ccccc2cc1n3-c1nc(-c2ccccc2)c2ccccc2n1. The highest BCUT2D eigenvalue weighted by Crippen LogP contribution is 2.38. The summed E-state index contributed by atoms with van der Waals surface area (Å²) in [4.78, 5) is 26.5. The summed E-state index contributed by atoms with van der Waals surface area (Å²) in [6.07, 6.45) is 0. The lowest BCUT2D eigenvalue weighted by atomic mass is 10.0. The summed E-state index contributed by atoms with van der Waals surface area (Å²) in [5, 5.41) is 8.13. The van der Waals surface area contributed by atoms with Crippen LogP contribution >= 0.6 is 0 Å². The van der Waals surface area contributed by atoms with E-state index in [2.05, 4.69) is 76.3 Å². The van der Waals surface area contributed by atoms with Gasteiger partial charge in [-0.25, -0.2) is 9.97 Å². The van der Waals surface area contributed by atoms with Crippen LogP contribution in [0, 0.1) is 0 Å². The highest BCUT2D eigenvalue weighted by atomic mass is 16.1. The summed E-state index contributed by atoms with van der Waals surface area (Å²) >= 11 is 0. The molecule has 0 atom stereocenters. The van der Waals surface area contributed by atoms with Crippen molar-refractivity contribution in [3.05, 3.63) is 138 Å². The van der Waals surface area contributed by atoms with Gasteiger partial charge in [0.1, 0.15) is 0 Å². The van der Waals surface area contributed by atoms with E-state index in [9.17, 15) is 4.79 Å². The zero-order valence-corrected chi connectivity index (χ0v) is 22.4. The van der Waals surface area contributed by atoms with Crippen LogP contribution in [0.25, 0.3) is 82.4 Å². The zero-order valence-electron chi connectivity index (χ0n) is 22.4. The number of nitrogens with one attached hydrogen (secondary N) is 1. The van der Waals surface area contributed by atoms with E-state index in [1.54, 1.807) is 0 Å². The first-order valence-corrected chi connectivity index (χ1v) is 14.0. The van der Waals surface area contributed by atoms with Crippen molar-refractivity contribution in [3.8, 4) is 17.2 Å². The van der Waals surface area contributed by atoms with Crippen molar-refractivity contribution >= 4 is 65.2 Å². The summed E-state index contributed by atoms with van der Waals surface area (Å²) in [5.41, 5.74) is 5.42. The van der Waals surface area contributed by atoms with Crippen molar-refractivity contribution in [3.63, 3.8) is 0 Å². The lowest BCUT2D eigenvalue weighted by molar-refractivity contribution is 1.01. The van der Waals surface area contributed by atoms with Crippen molar-refractivity contribution in [2.24, 2.45) is 0 Å². The Hall–Kier alpha value is -5.81. The second-order valence-electron chi connectivity index (χ2n) is 10.7. The molecule has 0 amide bonds. The second kappa shape index (κ2) is 8.59. The number of H-pyrrole nitrogens is 1.